The molecule has 1 aliphatic carbocycles. The Morgan fingerprint density at radius 1 is 0.742 bits per heavy atom. The lowest BCUT2D eigenvalue weighted by Gasteiger charge is -2.27. The fourth-order valence-corrected chi connectivity index (χ4v) is 12.5. The number of unbranched alkanes of at least 4 members (excludes halogenated alkanes) is 4. The maximum absolute atomic E-state index is 13.2. The summed E-state index contributed by atoms with van der Waals surface area (Å²) in [4.78, 5) is 66.2. The predicted octanol–water partition coefficient (Wildman–Crippen LogP) is 12.3. The Balaban J connectivity index is 0.000000316. The molecule has 5 aromatic carbocycles. The Labute approximate surface area is 548 Å². The zero-order valence-electron chi connectivity index (χ0n) is 55.8. The molecule has 1 unspecified atom stereocenters. The largest absolute Gasteiger partial charge is 0.508 e. The third-order valence-corrected chi connectivity index (χ3v) is 17.6. The minimum absolute atomic E-state index is 0.0654. The quantitative estimate of drug-likeness (QED) is 0.0135. The van der Waals surface area contributed by atoms with Gasteiger partial charge in [-0.2, -0.15) is 4.58 Å². The fourth-order valence-electron chi connectivity index (χ4n) is 12.5. The number of phenolic OH excluding ortho intramolecular Hbond substituents is 1. The first kappa shape index (κ1) is 69.5. The number of hydrogen-bond acceptors (Lipinski definition) is 10. The van der Waals surface area contributed by atoms with Crippen molar-refractivity contribution in [2.75, 3.05) is 77.9 Å². The fraction of sp³-hybridized carbons (Fsp3) is 0.364. The van der Waals surface area contributed by atoms with Crippen LogP contribution in [0.2, 0.25) is 0 Å². The molecular weight excluding hydrogens is 1170 g/mol. The van der Waals surface area contributed by atoms with Crippen LogP contribution < -0.4 is 35.7 Å². The molecule has 0 spiro atoms. The van der Waals surface area contributed by atoms with Gasteiger partial charge in [0.05, 0.1) is 23.7 Å². The lowest BCUT2D eigenvalue weighted by molar-refractivity contribution is -0.401. The van der Waals surface area contributed by atoms with E-state index >= 15 is 0 Å². The number of fused-ring (bicyclic) bond motifs is 4. The number of allylic oxidation sites excluding steroid dienone is 6. The number of ether oxygens (including phenoxy) is 1. The first-order valence-corrected chi connectivity index (χ1v) is 32.4. The number of carbonyl (C=O) groups is 5. The van der Waals surface area contributed by atoms with Gasteiger partial charge < -0.3 is 45.1 Å². The van der Waals surface area contributed by atoms with E-state index in [0.717, 1.165) is 83.1 Å². The summed E-state index contributed by atoms with van der Waals surface area (Å²) in [5, 5.41) is 29.5. The standard InChI is InChI=1S/C53H69N5O6.C24H22N2O3/c1-39(59)54-35-37-64-38-50(62)56-45(51(63)55-34-33-40-29-31-42(61)32-30-40)24-12-7-10-20-41(60)21-11-9-19-36-58-47-26-18-16-23-44(47)53(4,5)49(58)28-14-8-13-27-48-52(2,3)43-22-15-17-25-46(43)57(48)6;1-25(2)15-9-11-19-21(13-15)29-22-14-16(26(3)4)10-12-20(22)23(19)17-7-5-6-8-18(17)24(27)28/h8,13-18,22-23,25-32,45H,7,9-12,19-21,24,33-38H2,1-6H3,(H3-,54,55,56,59,61,62,63);5-14H,1-4H3/p+2. The number of aromatic carboxylic acids is 1. The summed E-state index contributed by atoms with van der Waals surface area (Å²) in [5.74, 6) is -0.663. The Bertz CT molecular complexity index is 3980. The molecule has 0 saturated carbocycles. The number of carboxylic acids is 1. The molecule has 0 radical (unpaired) electrons. The summed E-state index contributed by atoms with van der Waals surface area (Å²) in [6.07, 6.45) is 17.9. The van der Waals surface area contributed by atoms with E-state index in [-0.39, 0.29) is 59.5 Å². The van der Waals surface area contributed by atoms with Crippen molar-refractivity contribution in [3.05, 3.63) is 197 Å². The van der Waals surface area contributed by atoms with Crippen LogP contribution in [0.25, 0.3) is 33.4 Å². The van der Waals surface area contributed by atoms with E-state index in [4.69, 9.17) is 9.15 Å². The molecule has 93 heavy (non-hydrogen) atoms. The first-order chi connectivity index (χ1) is 44.6. The van der Waals surface area contributed by atoms with Gasteiger partial charge in [0.1, 0.15) is 56.7 Å². The molecule has 0 fully saturated rings. The van der Waals surface area contributed by atoms with Crippen LogP contribution in [0.15, 0.2) is 174 Å². The third kappa shape index (κ3) is 17.8. The van der Waals surface area contributed by atoms with E-state index < -0.39 is 17.9 Å². The molecule has 4 aliphatic rings. The predicted molar refractivity (Wildman–Crippen MR) is 373 cm³/mol. The second kappa shape index (κ2) is 32.2. The van der Waals surface area contributed by atoms with Crippen molar-refractivity contribution in [3.8, 4) is 28.2 Å². The lowest BCUT2D eigenvalue weighted by atomic mass is 9.81. The Morgan fingerprint density at radius 3 is 2.15 bits per heavy atom. The second-order valence-electron chi connectivity index (χ2n) is 25.5. The summed E-state index contributed by atoms with van der Waals surface area (Å²) in [6.45, 7) is 12.1. The summed E-state index contributed by atoms with van der Waals surface area (Å²) in [7, 11) is 10.1. The van der Waals surface area contributed by atoms with Gasteiger partial charge in [-0.3, -0.25) is 19.2 Å². The maximum atomic E-state index is 13.2. The highest BCUT2D eigenvalue weighted by atomic mass is 16.5. The lowest BCUT2D eigenvalue weighted by Crippen LogP contribution is -2.48. The number of nitrogens with zero attached hydrogens (tertiary/aromatic N) is 4. The molecule has 0 bridgehead atoms. The highest BCUT2D eigenvalue weighted by Gasteiger charge is 2.43. The first-order valence-electron chi connectivity index (χ1n) is 32.4. The molecule has 1 atom stereocenters. The Kier molecular flexibility index (Phi) is 24.1. The zero-order chi connectivity index (χ0) is 66.8. The van der Waals surface area contributed by atoms with Crippen LogP contribution in [0.4, 0.5) is 17.1 Å². The van der Waals surface area contributed by atoms with Gasteiger partial charge in [0.2, 0.25) is 28.8 Å². The minimum Gasteiger partial charge on any atom is -0.508 e. The van der Waals surface area contributed by atoms with Crippen LogP contribution in [-0.4, -0.2) is 124 Å². The number of amides is 3. The molecule has 0 saturated heterocycles. The van der Waals surface area contributed by atoms with Crippen molar-refractivity contribution in [1.82, 2.24) is 20.5 Å². The molecule has 16 nitrogen and oxygen atoms in total. The van der Waals surface area contributed by atoms with Crippen molar-refractivity contribution in [1.29, 1.82) is 0 Å². The zero-order valence-corrected chi connectivity index (χ0v) is 55.8. The van der Waals surface area contributed by atoms with E-state index in [9.17, 15) is 34.2 Å². The van der Waals surface area contributed by atoms with Crippen LogP contribution in [0, 0.1) is 0 Å². The van der Waals surface area contributed by atoms with Crippen LogP contribution in [0.1, 0.15) is 119 Å². The van der Waals surface area contributed by atoms with E-state index in [1.165, 1.54) is 40.8 Å². The number of anilines is 2. The number of rotatable bonds is 28. The number of carboxylic acid groups (broad SMARTS) is 1. The number of aromatic hydroxyl groups is 1. The van der Waals surface area contributed by atoms with Gasteiger partial charge in [0, 0.05) is 122 Å². The molecule has 488 valence electrons. The summed E-state index contributed by atoms with van der Waals surface area (Å²) >= 11 is 0. The van der Waals surface area contributed by atoms with Gasteiger partial charge in [-0.05, 0) is 111 Å². The number of benzene rings is 6. The molecule has 9 rings (SSSR count). The van der Waals surface area contributed by atoms with Crippen molar-refractivity contribution >= 4 is 63.2 Å². The summed E-state index contributed by atoms with van der Waals surface area (Å²) in [6, 6.07) is 42.5. The van der Waals surface area contributed by atoms with Gasteiger partial charge in [0.15, 0.2) is 5.71 Å². The van der Waals surface area contributed by atoms with E-state index in [2.05, 4.69) is 139 Å². The SMILES string of the molecule is CC(=O)NCCOCC(=O)NC(CCCCCC(=O)CCCCCN1C(=CC=CC=CC2=[N+](C)c3ccccc3C2(C)C)C(C)(C)c2ccccc21)C(=O)NCCc1ccc(O)cc1.CN(C)c1ccc2c(-c3ccccc3C(=O)O)c3ccc(=[N+](C)C)cc-3oc2c1. The van der Waals surface area contributed by atoms with Crippen LogP contribution in [0.5, 0.6) is 5.75 Å². The topological polar surface area (TPSA) is 197 Å². The van der Waals surface area contributed by atoms with Gasteiger partial charge in [-0.15, -0.1) is 0 Å². The monoisotopic (exact) mass is 1260 g/mol. The smallest absolute Gasteiger partial charge is 0.336 e. The summed E-state index contributed by atoms with van der Waals surface area (Å²) < 4.78 is 16.0. The molecule has 5 aromatic rings. The Morgan fingerprint density at radius 2 is 1.44 bits per heavy atom. The van der Waals surface area contributed by atoms with Gasteiger partial charge in [-0.25, -0.2) is 9.37 Å². The van der Waals surface area contributed by atoms with Crippen molar-refractivity contribution in [3.63, 3.8) is 0 Å². The third-order valence-electron chi connectivity index (χ3n) is 17.6. The maximum Gasteiger partial charge on any atom is 0.336 e. The van der Waals surface area contributed by atoms with Gasteiger partial charge in [-0.1, -0.05) is 118 Å². The van der Waals surface area contributed by atoms with E-state index in [0.29, 0.717) is 44.2 Å². The highest BCUT2D eigenvalue weighted by Crippen LogP contribution is 2.48. The van der Waals surface area contributed by atoms with Crippen LogP contribution >= 0.6 is 0 Å². The van der Waals surface area contributed by atoms with Crippen molar-refractivity contribution < 1.29 is 47.9 Å². The van der Waals surface area contributed by atoms with E-state index in [1.54, 1.807) is 36.4 Å². The van der Waals surface area contributed by atoms with E-state index in [1.807, 2.05) is 86.2 Å². The second-order valence-corrected chi connectivity index (χ2v) is 25.5. The van der Waals surface area contributed by atoms with Gasteiger partial charge >= 0.3 is 5.97 Å². The number of hydrogen-bond donors (Lipinski definition) is 5. The Hall–Kier alpha value is -9.41. The van der Waals surface area contributed by atoms with Crippen molar-refractivity contribution in [2.24, 2.45) is 0 Å². The molecule has 16 heteroatoms. The summed E-state index contributed by atoms with van der Waals surface area (Å²) in [5.41, 5.74) is 12.9. The normalized spacial score (nSPS) is 14.5. The van der Waals surface area contributed by atoms with Crippen LogP contribution in [0.3, 0.4) is 0 Å². The molecule has 3 amide bonds. The number of phenols is 1. The van der Waals surface area contributed by atoms with Crippen LogP contribution in [-0.2, 0) is 41.2 Å². The molecule has 0 aromatic heterocycles. The average molecular weight is 1260 g/mol. The number of nitrogens with one attached hydrogen (secondary N) is 3. The van der Waals surface area contributed by atoms with Crippen molar-refractivity contribution in [2.45, 2.75) is 116 Å². The number of ketones is 1. The molecule has 3 aliphatic heterocycles. The number of para-hydroxylation sites is 2. The number of Topliss-reactive ketones (excluding diaryl/α,β-unsaturated/α-hetero) is 1. The highest BCUT2D eigenvalue weighted by molar-refractivity contribution is 6.08. The molecular formula is C77H93N7O9+2. The average Bonchev–Trinajstić information content (AvgIpc) is 1.56. The molecule has 3 heterocycles. The number of carbonyl (C=O) groups excluding carboxylic acids is 4. The minimum atomic E-state index is -0.947. The van der Waals surface area contributed by atoms with Gasteiger partial charge in [0.25, 0.3) is 0 Å². The molecule has 5 N–H and O–H groups in total.